The first-order valence-electron chi connectivity index (χ1n) is 8.26. The van der Waals surface area contributed by atoms with Crippen LogP contribution >= 0.6 is 0 Å². The van der Waals surface area contributed by atoms with Crippen LogP contribution in [-0.2, 0) is 4.79 Å². The Kier molecular flexibility index (Phi) is 7.52. The van der Waals surface area contributed by atoms with Crippen LogP contribution < -0.4 is 11.1 Å². The molecule has 0 aromatic heterocycles. The molecule has 1 saturated heterocycles. The van der Waals surface area contributed by atoms with Gasteiger partial charge in [-0.25, -0.2) is 0 Å². The highest BCUT2D eigenvalue weighted by Gasteiger charge is 2.28. The van der Waals surface area contributed by atoms with Gasteiger partial charge in [0.05, 0.1) is 5.54 Å². The number of nitrogens with zero attached hydrogens (tertiary/aromatic N) is 1. The van der Waals surface area contributed by atoms with E-state index in [1.54, 1.807) is 0 Å². The van der Waals surface area contributed by atoms with Crippen molar-refractivity contribution >= 4 is 5.91 Å². The summed E-state index contributed by atoms with van der Waals surface area (Å²) in [4.78, 5) is 14.1. The summed E-state index contributed by atoms with van der Waals surface area (Å²) in [6.07, 6.45) is 9.74. The van der Waals surface area contributed by atoms with Gasteiger partial charge in [0.1, 0.15) is 0 Å². The predicted octanol–water partition coefficient (Wildman–Crippen LogP) is 2.27. The van der Waals surface area contributed by atoms with Crippen molar-refractivity contribution in [3.05, 3.63) is 0 Å². The van der Waals surface area contributed by atoms with E-state index >= 15 is 0 Å². The molecule has 0 aromatic carbocycles. The van der Waals surface area contributed by atoms with Crippen molar-refractivity contribution in [1.29, 1.82) is 0 Å². The Hall–Kier alpha value is -0.610. The lowest BCUT2D eigenvalue weighted by molar-refractivity contribution is -0.123. The van der Waals surface area contributed by atoms with Crippen molar-refractivity contribution < 1.29 is 4.79 Å². The van der Waals surface area contributed by atoms with Crippen molar-refractivity contribution in [2.24, 2.45) is 5.73 Å². The van der Waals surface area contributed by atoms with E-state index < -0.39 is 5.54 Å². The van der Waals surface area contributed by atoms with Crippen LogP contribution in [0.1, 0.15) is 65.2 Å². The number of likely N-dealkylation sites (N-methyl/N-ethyl adjacent to an activating group) is 1. The van der Waals surface area contributed by atoms with Crippen LogP contribution in [0.3, 0.4) is 0 Å². The smallest absolute Gasteiger partial charge is 0.237 e. The van der Waals surface area contributed by atoms with Gasteiger partial charge in [-0.1, -0.05) is 19.8 Å². The number of rotatable bonds is 8. The van der Waals surface area contributed by atoms with E-state index in [-0.39, 0.29) is 5.91 Å². The second kappa shape index (κ2) is 8.63. The molecule has 0 bridgehead atoms. The van der Waals surface area contributed by atoms with Crippen LogP contribution in [0.2, 0.25) is 0 Å². The Bertz CT molecular complexity index is 295. The number of nitrogens with one attached hydrogen (secondary N) is 1. The SMILES string of the molecule is CCC1CCCCCN1CCCCC(C)(NC)C(N)=O. The van der Waals surface area contributed by atoms with E-state index in [0.717, 1.165) is 31.8 Å². The third-order valence-electron chi connectivity index (χ3n) is 4.94. The van der Waals surface area contributed by atoms with Crippen molar-refractivity contribution in [3.63, 3.8) is 0 Å². The van der Waals surface area contributed by atoms with Crippen molar-refractivity contribution in [2.45, 2.75) is 76.8 Å². The van der Waals surface area contributed by atoms with E-state index in [4.69, 9.17) is 5.73 Å². The second-order valence-corrected chi connectivity index (χ2v) is 6.35. The molecule has 4 heteroatoms. The number of carbonyl (C=O) groups excluding carboxylic acids is 1. The summed E-state index contributed by atoms with van der Waals surface area (Å²) in [5, 5.41) is 3.06. The van der Waals surface area contributed by atoms with Gasteiger partial charge in [-0.2, -0.15) is 0 Å². The number of likely N-dealkylation sites (tertiary alicyclic amines) is 1. The number of primary amides is 1. The van der Waals surface area contributed by atoms with Gasteiger partial charge < -0.3 is 16.0 Å². The lowest BCUT2D eigenvalue weighted by atomic mass is 9.94. The highest BCUT2D eigenvalue weighted by molar-refractivity contribution is 5.84. The minimum Gasteiger partial charge on any atom is -0.368 e. The molecule has 2 atom stereocenters. The molecule has 3 N–H and O–H groups in total. The fraction of sp³-hybridized carbons (Fsp3) is 0.938. The maximum atomic E-state index is 11.4. The van der Waals surface area contributed by atoms with Crippen LogP contribution in [-0.4, -0.2) is 42.5 Å². The van der Waals surface area contributed by atoms with Crippen LogP contribution in [0.15, 0.2) is 0 Å². The van der Waals surface area contributed by atoms with Gasteiger partial charge in [0.25, 0.3) is 0 Å². The Balaban J connectivity index is 2.33. The summed E-state index contributed by atoms with van der Waals surface area (Å²) >= 11 is 0. The van der Waals surface area contributed by atoms with Gasteiger partial charge in [-0.3, -0.25) is 4.79 Å². The van der Waals surface area contributed by atoms with E-state index in [9.17, 15) is 4.79 Å². The molecule has 118 valence electrons. The molecule has 1 heterocycles. The molecule has 1 aliphatic heterocycles. The van der Waals surface area contributed by atoms with Crippen LogP contribution in [0.5, 0.6) is 0 Å². The van der Waals surface area contributed by atoms with Gasteiger partial charge in [0.2, 0.25) is 5.91 Å². The third kappa shape index (κ3) is 5.06. The van der Waals surface area contributed by atoms with Crippen molar-refractivity contribution in [3.8, 4) is 0 Å². The van der Waals surface area contributed by atoms with E-state index in [1.165, 1.54) is 38.6 Å². The van der Waals surface area contributed by atoms with Gasteiger partial charge in [-0.05, 0) is 65.6 Å². The lowest BCUT2D eigenvalue weighted by Crippen LogP contribution is -2.51. The zero-order chi connectivity index (χ0) is 15.0. The molecule has 0 spiro atoms. The Labute approximate surface area is 124 Å². The Morgan fingerprint density at radius 2 is 2.10 bits per heavy atom. The van der Waals surface area contributed by atoms with E-state index in [2.05, 4.69) is 17.1 Å². The molecule has 0 aromatic rings. The van der Waals surface area contributed by atoms with Gasteiger partial charge >= 0.3 is 0 Å². The molecular weight excluding hydrogens is 250 g/mol. The number of carbonyl (C=O) groups is 1. The zero-order valence-corrected chi connectivity index (χ0v) is 13.6. The number of unbranched alkanes of at least 4 members (excludes halogenated alkanes) is 1. The molecule has 0 saturated carbocycles. The molecular formula is C16H33N3O. The molecule has 1 rings (SSSR count). The molecule has 1 amide bonds. The summed E-state index contributed by atoms with van der Waals surface area (Å²) in [5.74, 6) is -0.249. The standard InChI is InChI=1S/C16H33N3O/c1-4-14-10-6-5-8-12-19(14)13-9-7-11-16(2,18-3)15(17)20/h14,18H,4-13H2,1-3H3,(H2,17,20). The second-order valence-electron chi connectivity index (χ2n) is 6.35. The largest absolute Gasteiger partial charge is 0.368 e. The average Bonchev–Trinajstić information content (AvgIpc) is 2.67. The summed E-state index contributed by atoms with van der Waals surface area (Å²) in [6.45, 7) is 6.61. The average molecular weight is 283 g/mol. The van der Waals surface area contributed by atoms with Crippen molar-refractivity contribution in [1.82, 2.24) is 10.2 Å². The quantitative estimate of drug-likeness (QED) is 0.672. The molecule has 1 aliphatic rings. The number of hydrogen-bond donors (Lipinski definition) is 2. The lowest BCUT2D eigenvalue weighted by Gasteiger charge is -2.30. The number of hydrogen-bond acceptors (Lipinski definition) is 3. The molecule has 2 unspecified atom stereocenters. The van der Waals surface area contributed by atoms with Crippen molar-refractivity contribution in [2.75, 3.05) is 20.1 Å². The topological polar surface area (TPSA) is 58.4 Å². The van der Waals surface area contributed by atoms with Gasteiger partial charge in [0, 0.05) is 6.04 Å². The van der Waals surface area contributed by atoms with Crippen LogP contribution in [0, 0.1) is 0 Å². The maximum Gasteiger partial charge on any atom is 0.237 e. The Morgan fingerprint density at radius 1 is 1.35 bits per heavy atom. The molecule has 1 fully saturated rings. The monoisotopic (exact) mass is 283 g/mol. The maximum absolute atomic E-state index is 11.4. The fourth-order valence-electron chi connectivity index (χ4n) is 3.16. The number of nitrogens with two attached hydrogens (primary N) is 1. The zero-order valence-electron chi connectivity index (χ0n) is 13.6. The highest BCUT2D eigenvalue weighted by atomic mass is 16.1. The molecule has 20 heavy (non-hydrogen) atoms. The van der Waals surface area contributed by atoms with Gasteiger partial charge in [-0.15, -0.1) is 0 Å². The summed E-state index contributed by atoms with van der Waals surface area (Å²) in [6, 6.07) is 0.768. The molecule has 0 aliphatic carbocycles. The minimum atomic E-state index is -0.553. The van der Waals surface area contributed by atoms with Crippen LogP contribution in [0.4, 0.5) is 0 Å². The molecule has 0 radical (unpaired) electrons. The minimum absolute atomic E-state index is 0.249. The van der Waals surface area contributed by atoms with E-state index in [0.29, 0.717) is 0 Å². The number of amides is 1. The Morgan fingerprint density at radius 3 is 2.70 bits per heavy atom. The van der Waals surface area contributed by atoms with E-state index in [1.807, 2.05) is 14.0 Å². The first-order valence-corrected chi connectivity index (χ1v) is 8.26. The normalized spacial score (nSPS) is 24.1. The molecule has 4 nitrogen and oxygen atoms in total. The summed E-state index contributed by atoms with van der Waals surface area (Å²) in [7, 11) is 1.81. The van der Waals surface area contributed by atoms with Gasteiger partial charge in [0.15, 0.2) is 0 Å². The summed E-state index contributed by atoms with van der Waals surface area (Å²) in [5.41, 5.74) is 4.91. The first-order chi connectivity index (χ1) is 9.53. The predicted molar refractivity (Wildman–Crippen MR) is 84.6 cm³/mol. The fourth-order valence-corrected chi connectivity index (χ4v) is 3.16. The summed E-state index contributed by atoms with van der Waals surface area (Å²) < 4.78 is 0. The highest BCUT2D eigenvalue weighted by Crippen LogP contribution is 2.20. The first kappa shape index (κ1) is 17.4. The van der Waals surface area contributed by atoms with Crippen LogP contribution in [0.25, 0.3) is 0 Å². The third-order valence-corrected chi connectivity index (χ3v) is 4.94.